The zero-order valence-electron chi connectivity index (χ0n) is 18.6. The average molecular weight is 503 g/mol. The molecule has 0 atom stereocenters. The van der Waals surface area contributed by atoms with E-state index < -0.39 is 22.6 Å². The van der Waals surface area contributed by atoms with Crippen LogP contribution in [-0.2, 0) is 4.57 Å². The fraction of sp³-hybridized carbons (Fsp3) is 0.143. The Morgan fingerprint density at radius 3 is 1.03 bits per heavy atom. The van der Waals surface area contributed by atoms with E-state index in [1.54, 1.807) is 0 Å². The standard InChI is InChI=1S/C21H18N3O10P/c1-13-10-16(4-7-19(13)22(25)26)32-35(31,33-17-5-8-20(23(27)28)14(2)11-17)34-18-6-9-21(24(29)30)15(3)12-18/h4-12H,1-3H3. The van der Waals surface area contributed by atoms with Gasteiger partial charge in [-0.05, 0) is 57.2 Å². The van der Waals surface area contributed by atoms with Crippen LogP contribution < -0.4 is 13.6 Å². The number of phosphoric ester groups is 1. The van der Waals surface area contributed by atoms with E-state index in [0.717, 1.165) is 18.2 Å². The monoisotopic (exact) mass is 503 g/mol. The van der Waals surface area contributed by atoms with Gasteiger partial charge < -0.3 is 13.6 Å². The first-order chi connectivity index (χ1) is 16.4. The summed E-state index contributed by atoms with van der Waals surface area (Å²) in [5.41, 5.74) is 0.0900. The molecule has 0 spiro atoms. The van der Waals surface area contributed by atoms with Crippen LogP contribution in [0.4, 0.5) is 17.1 Å². The Morgan fingerprint density at radius 1 is 0.571 bits per heavy atom. The molecule has 3 aromatic carbocycles. The number of nitro benzene ring substituents is 3. The van der Waals surface area contributed by atoms with Gasteiger partial charge in [0.25, 0.3) is 17.1 Å². The molecule has 3 aromatic rings. The minimum Gasteiger partial charge on any atom is -0.386 e. The molecule has 0 N–H and O–H groups in total. The van der Waals surface area contributed by atoms with Gasteiger partial charge in [-0.2, -0.15) is 4.57 Å². The Kier molecular flexibility index (Phi) is 7.01. The highest BCUT2D eigenvalue weighted by molar-refractivity contribution is 7.49. The van der Waals surface area contributed by atoms with Crippen LogP contribution in [0, 0.1) is 51.1 Å². The van der Waals surface area contributed by atoms with Gasteiger partial charge in [-0.3, -0.25) is 30.3 Å². The van der Waals surface area contributed by atoms with Crippen LogP contribution in [0.1, 0.15) is 16.7 Å². The zero-order valence-corrected chi connectivity index (χ0v) is 19.5. The van der Waals surface area contributed by atoms with Crippen molar-refractivity contribution in [3.05, 3.63) is 102 Å². The number of rotatable bonds is 9. The van der Waals surface area contributed by atoms with Gasteiger partial charge in [-0.1, -0.05) is 0 Å². The number of nitro groups is 3. The van der Waals surface area contributed by atoms with Gasteiger partial charge in [0, 0.05) is 34.9 Å². The lowest BCUT2D eigenvalue weighted by molar-refractivity contribution is -0.385. The Labute approximate surface area is 197 Å². The van der Waals surface area contributed by atoms with Gasteiger partial charge in [-0.15, -0.1) is 0 Å². The summed E-state index contributed by atoms with van der Waals surface area (Å²) < 4.78 is 30.1. The molecule has 0 aliphatic heterocycles. The normalized spacial score (nSPS) is 10.9. The first kappa shape index (κ1) is 25.1. The van der Waals surface area contributed by atoms with Crippen molar-refractivity contribution in [3.8, 4) is 17.2 Å². The molecule has 0 bridgehead atoms. The molecule has 0 saturated heterocycles. The molecule has 0 amide bonds. The third-order valence-electron chi connectivity index (χ3n) is 4.75. The van der Waals surface area contributed by atoms with Crippen molar-refractivity contribution in [1.29, 1.82) is 0 Å². The van der Waals surface area contributed by atoms with Crippen molar-refractivity contribution in [2.24, 2.45) is 0 Å². The van der Waals surface area contributed by atoms with E-state index in [0.29, 0.717) is 0 Å². The molecule has 0 heterocycles. The van der Waals surface area contributed by atoms with E-state index >= 15 is 0 Å². The Balaban J connectivity index is 2.00. The molecular weight excluding hydrogens is 485 g/mol. The second kappa shape index (κ2) is 9.77. The molecule has 0 aliphatic rings. The average Bonchev–Trinajstić information content (AvgIpc) is 2.72. The van der Waals surface area contributed by atoms with Gasteiger partial charge >= 0.3 is 7.82 Å². The maximum atomic E-state index is 13.6. The topological polar surface area (TPSA) is 174 Å². The Morgan fingerprint density at radius 2 is 0.829 bits per heavy atom. The van der Waals surface area contributed by atoms with E-state index in [1.165, 1.54) is 57.2 Å². The molecule has 0 aliphatic carbocycles. The third kappa shape index (κ3) is 5.89. The minimum atomic E-state index is -4.57. The number of nitrogens with zero attached hydrogens (tertiary/aromatic N) is 3. The predicted octanol–water partition coefficient (Wildman–Crippen LogP) is 5.98. The van der Waals surface area contributed by atoms with Gasteiger partial charge in [0.15, 0.2) is 0 Å². The highest BCUT2D eigenvalue weighted by atomic mass is 31.2. The quantitative estimate of drug-likeness (QED) is 0.192. The lowest BCUT2D eigenvalue weighted by atomic mass is 10.2. The Bertz CT molecular complexity index is 1230. The Hall–Kier alpha value is -4.51. The SMILES string of the molecule is Cc1cc(OP(=O)(Oc2ccc([N+](=O)[O-])c(C)c2)Oc2ccc([N+](=O)[O-])c(C)c2)ccc1[N+](=O)[O-]. The number of hydrogen-bond acceptors (Lipinski definition) is 10. The smallest absolute Gasteiger partial charge is 0.386 e. The maximum absolute atomic E-state index is 13.6. The second-order valence-corrected chi connectivity index (χ2v) is 8.78. The highest BCUT2D eigenvalue weighted by Gasteiger charge is 2.34. The summed E-state index contributed by atoms with van der Waals surface area (Å²) in [6, 6.07) is 10.9. The van der Waals surface area contributed by atoms with Crippen LogP contribution >= 0.6 is 7.82 Å². The largest absolute Gasteiger partial charge is 0.647 e. The van der Waals surface area contributed by atoms with Crippen molar-refractivity contribution in [3.63, 3.8) is 0 Å². The lowest BCUT2D eigenvalue weighted by Gasteiger charge is -2.20. The minimum absolute atomic E-state index is 0.0753. The summed E-state index contributed by atoms with van der Waals surface area (Å²) >= 11 is 0. The van der Waals surface area contributed by atoms with Crippen LogP contribution in [0.25, 0.3) is 0 Å². The summed E-state index contributed by atoms with van der Waals surface area (Å²) in [5, 5.41) is 33.2. The number of aryl methyl sites for hydroxylation is 3. The molecule has 3 rings (SSSR count). The highest BCUT2D eigenvalue weighted by Crippen LogP contribution is 2.50. The first-order valence-electron chi connectivity index (χ1n) is 9.82. The molecule has 0 radical (unpaired) electrons. The van der Waals surface area contributed by atoms with E-state index in [9.17, 15) is 34.9 Å². The van der Waals surface area contributed by atoms with Crippen molar-refractivity contribution in [2.75, 3.05) is 0 Å². The molecule has 0 fully saturated rings. The summed E-state index contributed by atoms with van der Waals surface area (Å²) in [6.07, 6.45) is 0. The lowest BCUT2D eigenvalue weighted by Crippen LogP contribution is -2.08. The van der Waals surface area contributed by atoms with Crippen molar-refractivity contribution in [1.82, 2.24) is 0 Å². The number of hydrogen-bond donors (Lipinski definition) is 0. The summed E-state index contributed by atoms with van der Waals surface area (Å²) in [5.74, 6) is -0.226. The van der Waals surface area contributed by atoms with Crippen molar-refractivity contribution in [2.45, 2.75) is 20.8 Å². The van der Waals surface area contributed by atoms with Crippen LogP contribution in [0.2, 0.25) is 0 Å². The molecular formula is C21H18N3O10P. The van der Waals surface area contributed by atoms with Crippen LogP contribution in [-0.4, -0.2) is 14.8 Å². The summed E-state index contributed by atoms with van der Waals surface area (Å²) in [4.78, 5) is 31.5. The molecule has 0 saturated carbocycles. The van der Waals surface area contributed by atoms with Crippen LogP contribution in [0.3, 0.4) is 0 Å². The molecule has 0 unspecified atom stereocenters. The molecule has 35 heavy (non-hydrogen) atoms. The molecule has 0 aromatic heterocycles. The number of benzene rings is 3. The molecule has 13 nitrogen and oxygen atoms in total. The van der Waals surface area contributed by atoms with Gasteiger partial charge in [-0.25, -0.2) is 0 Å². The number of phosphoric acid groups is 1. The van der Waals surface area contributed by atoms with Crippen LogP contribution in [0.5, 0.6) is 17.2 Å². The molecule has 182 valence electrons. The maximum Gasteiger partial charge on any atom is 0.647 e. The van der Waals surface area contributed by atoms with Gasteiger partial charge in [0.2, 0.25) is 0 Å². The van der Waals surface area contributed by atoms with Gasteiger partial charge in [0.05, 0.1) is 14.8 Å². The summed E-state index contributed by atoms with van der Waals surface area (Å²) in [6.45, 7) is 4.37. The van der Waals surface area contributed by atoms with Crippen molar-refractivity contribution >= 4 is 24.9 Å². The fourth-order valence-corrected chi connectivity index (χ4v) is 4.34. The fourth-order valence-electron chi connectivity index (χ4n) is 3.11. The molecule has 14 heteroatoms. The predicted molar refractivity (Wildman–Crippen MR) is 123 cm³/mol. The third-order valence-corrected chi connectivity index (χ3v) is 6.05. The van der Waals surface area contributed by atoms with Crippen molar-refractivity contribution < 1.29 is 32.9 Å². The van der Waals surface area contributed by atoms with E-state index in [1.807, 2.05) is 0 Å². The summed E-state index contributed by atoms with van der Waals surface area (Å²) in [7, 11) is -4.57. The second-order valence-electron chi connectivity index (χ2n) is 7.34. The first-order valence-corrected chi connectivity index (χ1v) is 11.3. The van der Waals surface area contributed by atoms with Crippen LogP contribution in [0.15, 0.2) is 54.6 Å². The van der Waals surface area contributed by atoms with E-state index in [2.05, 4.69) is 0 Å². The van der Waals surface area contributed by atoms with E-state index in [-0.39, 0.29) is 51.0 Å². The van der Waals surface area contributed by atoms with Gasteiger partial charge in [0.1, 0.15) is 17.2 Å². The van der Waals surface area contributed by atoms with E-state index in [4.69, 9.17) is 13.6 Å². The zero-order chi connectivity index (χ0) is 25.9.